The van der Waals surface area contributed by atoms with Crippen molar-refractivity contribution in [1.82, 2.24) is 0 Å². The number of rotatable bonds is 6. The monoisotopic (exact) mass is 682 g/mol. The summed E-state index contributed by atoms with van der Waals surface area (Å²) in [7, 11) is 0. The normalized spacial score (nSPS) is 14.2. The van der Waals surface area contributed by atoms with Gasteiger partial charge in [-0.3, -0.25) is 0 Å². The van der Waals surface area contributed by atoms with Crippen molar-refractivity contribution < 1.29 is 0 Å². The van der Waals surface area contributed by atoms with Gasteiger partial charge in [0.15, 0.2) is 0 Å². The van der Waals surface area contributed by atoms with Crippen LogP contribution in [0.25, 0.3) is 51.8 Å². The van der Waals surface area contributed by atoms with Crippen LogP contribution >= 0.6 is 34.0 Å². The predicted molar refractivity (Wildman–Crippen MR) is 216 cm³/mol. The third kappa shape index (κ3) is 4.80. The van der Waals surface area contributed by atoms with Crippen LogP contribution in [0, 0.1) is 0 Å². The molecule has 1 unspecified atom stereocenters. The second-order valence-electron chi connectivity index (χ2n) is 12.5. The lowest BCUT2D eigenvalue weighted by Crippen LogP contribution is -2.36. The molecule has 0 fully saturated rings. The lowest BCUT2D eigenvalue weighted by Gasteiger charge is -2.32. The first kappa shape index (κ1) is 28.8. The van der Waals surface area contributed by atoms with Crippen LogP contribution in [-0.4, -0.2) is 6.04 Å². The van der Waals surface area contributed by atoms with Crippen LogP contribution in [0.1, 0.15) is 6.42 Å². The molecule has 5 heteroatoms. The zero-order valence-corrected chi connectivity index (χ0v) is 28.9. The number of thiophene rings is 3. The molecule has 10 rings (SSSR count). The number of anilines is 5. The van der Waals surface area contributed by atoms with Gasteiger partial charge in [0.05, 0.1) is 15.7 Å². The van der Waals surface area contributed by atoms with Gasteiger partial charge in [0.1, 0.15) is 0 Å². The van der Waals surface area contributed by atoms with Crippen LogP contribution in [-0.2, 0) is 0 Å². The Hall–Kier alpha value is -5.20. The number of fused-ring (bicyclic) bond motifs is 8. The largest absolute Gasteiger partial charge is 0.334 e. The standard InChI is InChI=1S/C44H30N2S3/c1-4-13-29(14-5-1)45(32-23-25-35-34-19-10-11-21-38(34)47-40(35)27-32)33-24-26-36-41(28-33)49-44-42(36)43-37(20-12-22-39(43)48-44)46(30-15-6-2-7-16-30)31-17-8-3-9-18-31/h1-22,24-28,32H,23H2. The fourth-order valence-corrected chi connectivity index (χ4v) is 11.3. The molecular formula is C44H30N2S3. The summed E-state index contributed by atoms with van der Waals surface area (Å²) >= 11 is 5.74. The third-order valence-corrected chi connectivity index (χ3v) is 13.1. The van der Waals surface area contributed by atoms with Gasteiger partial charge >= 0.3 is 0 Å². The Morgan fingerprint density at radius 2 is 1.14 bits per heavy atom. The quantitative estimate of drug-likeness (QED) is 0.172. The van der Waals surface area contributed by atoms with E-state index in [1.165, 1.54) is 66.5 Å². The zero-order valence-electron chi connectivity index (χ0n) is 26.5. The Morgan fingerprint density at radius 3 is 1.90 bits per heavy atom. The molecule has 0 bridgehead atoms. The number of benzene rings is 6. The average Bonchev–Trinajstić information content (AvgIpc) is 3.82. The molecule has 3 heterocycles. The van der Waals surface area contributed by atoms with Crippen LogP contribution in [0.15, 0.2) is 152 Å². The molecule has 3 aromatic heterocycles. The topological polar surface area (TPSA) is 6.48 Å². The fourth-order valence-electron chi connectivity index (χ4n) is 7.45. The highest BCUT2D eigenvalue weighted by Gasteiger charge is 2.24. The summed E-state index contributed by atoms with van der Waals surface area (Å²) in [5.41, 5.74) is 5.97. The summed E-state index contributed by atoms with van der Waals surface area (Å²) in [6.07, 6.45) is 5.90. The Labute approximate surface area is 296 Å². The maximum Gasteiger partial charge on any atom is 0.0891 e. The van der Waals surface area contributed by atoms with Crippen molar-refractivity contribution in [3.63, 3.8) is 0 Å². The first-order valence-corrected chi connectivity index (χ1v) is 19.1. The van der Waals surface area contributed by atoms with Crippen molar-refractivity contribution in [2.45, 2.75) is 12.5 Å². The van der Waals surface area contributed by atoms with Gasteiger partial charge in [-0.1, -0.05) is 91.0 Å². The van der Waals surface area contributed by atoms with Gasteiger partial charge in [-0.15, -0.1) is 34.0 Å². The second kappa shape index (κ2) is 11.7. The van der Waals surface area contributed by atoms with Crippen molar-refractivity contribution in [3.8, 4) is 0 Å². The molecule has 1 aliphatic rings. The molecule has 234 valence electrons. The Balaban J connectivity index is 1.14. The van der Waals surface area contributed by atoms with Gasteiger partial charge in [-0.05, 0) is 89.8 Å². The first-order chi connectivity index (χ1) is 24.3. The van der Waals surface area contributed by atoms with Gasteiger partial charge in [-0.25, -0.2) is 0 Å². The van der Waals surface area contributed by atoms with E-state index in [1.54, 1.807) is 0 Å². The van der Waals surface area contributed by atoms with E-state index in [4.69, 9.17) is 0 Å². The summed E-state index contributed by atoms with van der Waals surface area (Å²) < 4.78 is 6.74. The molecule has 49 heavy (non-hydrogen) atoms. The minimum atomic E-state index is 0.222. The molecule has 0 saturated carbocycles. The molecule has 0 saturated heterocycles. The maximum absolute atomic E-state index is 2.53. The molecule has 0 amide bonds. The van der Waals surface area contributed by atoms with Crippen LogP contribution in [0.2, 0.25) is 0 Å². The summed E-state index contributed by atoms with van der Waals surface area (Å²) in [4.78, 5) is 4.94. The minimum Gasteiger partial charge on any atom is -0.334 e. The molecule has 1 aliphatic carbocycles. The van der Waals surface area contributed by atoms with Crippen molar-refractivity contribution in [3.05, 3.63) is 161 Å². The third-order valence-electron chi connectivity index (χ3n) is 9.58. The highest BCUT2D eigenvalue weighted by molar-refractivity contribution is 7.44. The van der Waals surface area contributed by atoms with E-state index in [0.29, 0.717) is 0 Å². The van der Waals surface area contributed by atoms with Gasteiger partial charge < -0.3 is 9.80 Å². The van der Waals surface area contributed by atoms with Gasteiger partial charge in [0.2, 0.25) is 0 Å². The van der Waals surface area contributed by atoms with E-state index in [-0.39, 0.29) is 6.04 Å². The molecule has 6 aromatic carbocycles. The predicted octanol–water partition coefficient (Wildman–Crippen LogP) is 12.1. The number of hydrogen-bond donors (Lipinski definition) is 0. The molecular weight excluding hydrogens is 653 g/mol. The summed E-state index contributed by atoms with van der Waals surface area (Å²) in [6, 6.07) is 55.3. The Kier molecular flexibility index (Phi) is 6.90. The van der Waals surface area contributed by atoms with Gasteiger partial charge in [0, 0.05) is 57.5 Å². The van der Waals surface area contributed by atoms with Crippen molar-refractivity contribution in [1.29, 1.82) is 0 Å². The lowest BCUT2D eigenvalue weighted by molar-refractivity contribution is 0.841. The average molecular weight is 683 g/mol. The van der Waals surface area contributed by atoms with Gasteiger partial charge in [0.25, 0.3) is 0 Å². The van der Waals surface area contributed by atoms with Crippen molar-refractivity contribution in [2.75, 3.05) is 9.80 Å². The van der Waals surface area contributed by atoms with Crippen molar-refractivity contribution in [2.24, 2.45) is 0 Å². The molecule has 0 radical (unpaired) electrons. The zero-order chi connectivity index (χ0) is 32.3. The van der Waals surface area contributed by atoms with Crippen molar-refractivity contribution >= 4 is 114 Å². The smallest absolute Gasteiger partial charge is 0.0891 e. The minimum absolute atomic E-state index is 0.222. The SMILES string of the molecule is C1=c2sc3ccccc3c2=CCC1N(c1ccccc1)c1ccc2c(c1)sc1sc3cccc(N(c4ccccc4)c4ccccc4)c3c12. The molecule has 0 spiro atoms. The molecule has 1 atom stereocenters. The molecule has 2 nitrogen and oxygen atoms in total. The van der Waals surface area contributed by atoms with Gasteiger partial charge in [-0.2, -0.15) is 0 Å². The van der Waals surface area contributed by atoms with Crippen LogP contribution in [0.5, 0.6) is 0 Å². The van der Waals surface area contributed by atoms with Crippen LogP contribution < -0.4 is 19.6 Å². The fraction of sp³-hybridized carbons (Fsp3) is 0.0455. The Bertz CT molecular complexity index is 2720. The van der Waals surface area contributed by atoms with E-state index < -0.39 is 0 Å². The van der Waals surface area contributed by atoms with E-state index in [1.807, 2.05) is 34.0 Å². The van der Waals surface area contributed by atoms with Crippen LogP contribution in [0.4, 0.5) is 28.4 Å². The van der Waals surface area contributed by atoms with E-state index >= 15 is 0 Å². The van der Waals surface area contributed by atoms with E-state index in [9.17, 15) is 0 Å². The number of hydrogen-bond acceptors (Lipinski definition) is 5. The Morgan fingerprint density at radius 1 is 0.490 bits per heavy atom. The van der Waals surface area contributed by atoms with E-state index in [0.717, 1.165) is 17.8 Å². The number of para-hydroxylation sites is 3. The number of nitrogens with zero attached hydrogens (tertiary/aromatic N) is 2. The van der Waals surface area contributed by atoms with Crippen LogP contribution in [0.3, 0.4) is 0 Å². The maximum atomic E-state index is 2.53. The molecule has 0 aliphatic heterocycles. The van der Waals surface area contributed by atoms with E-state index in [2.05, 4.69) is 174 Å². The molecule has 0 N–H and O–H groups in total. The summed E-state index contributed by atoms with van der Waals surface area (Å²) in [5, 5.41) is 6.76. The summed E-state index contributed by atoms with van der Waals surface area (Å²) in [6.45, 7) is 0. The first-order valence-electron chi connectivity index (χ1n) is 16.6. The highest BCUT2D eigenvalue weighted by atomic mass is 32.2. The molecule has 9 aromatic rings. The second-order valence-corrected chi connectivity index (χ2v) is 15.9. The summed E-state index contributed by atoms with van der Waals surface area (Å²) in [5.74, 6) is 0. The lowest BCUT2D eigenvalue weighted by atomic mass is 10.0. The highest BCUT2D eigenvalue weighted by Crippen LogP contribution is 2.50.